The monoisotopic (exact) mass is 482 g/mol. The Morgan fingerprint density at radius 2 is 2.00 bits per heavy atom. The predicted molar refractivity (Wildman–Crippen MR) is 113 cm³/mol. The van der Waals surface area contributed by atoms with E-state index >= 15 is 0 Å². The van der Waals surface area contributed by atoms with Crippen LogP contribution in [0.5, 0.6) is 11.5 Å². The molecule has 0 saturated carbocycles. The van der Waals surface area contributed by atoms with Crippen LogP contribution >= 0.6 is 28.1 Å². The molecular weight excluding hydrogens is 464 g/mol. The van der Waals surface area contributed by atoms with E-state index in [0.717, 1.165) is 0 Å². The summed E-state index contributed by atoms with van der Waals surface area (Å²) in [7, 11) is 1.26. The number of rotatable bonds is 8. The van der Waals surface area contributed by atoms with Gasteiger partial charge in [-0.1, -0.05) is 22.0 Å². The van der Waals surface area contributed by atoms with Gasteiger partial charge in [-0.15, -0.1) is 6.58 Å². The van der Waals surface area contributed by atoms with Crippen LogP contribution in [0.1, 0.15) is 12.5 Å². The van der Waals surface area contributed by atoms with Gasteiger partial charge >= 0.3 is 5.97 Å². The van der Waals surface area contributed by atoms with Gasteiger partial charge in [0.1, 0.15) is 5.57 Å². The summed E-state index contributed by atoms with van der Waals surface area (Å²) in [5.41, 5.74) is 0.413. The molecule has 1 saturated heterocycles. The molecule has 0 bridgehead atoms. The minimum absolute atomic E-state index is 0.0256. The number of ether oxygens (including phenoxy) is 3. The van der Waals surface area contributed by atoms with E-state index in [0.29, 0.717) is 28.1 Å². The summed E-state index contributed by atoms with van der Waals surface area (Å²) < 4.78 is 16.1. The number of hydrogen-bond donors (Lipinski definition) is 1. The first-order valence-corrected chi connectivity index (χ1v) is 9.68. The van der Waals surface area contributed by atoms with E-state index in [4.69, 9.17) is 21.7 Å². The lowest BCUT2D eigenvalue weighted by Gasteiger charge is -2.27. The van der Waals surface area contributed by atoms with Crippen molar-refractivity contribution in [1.29, 1.82) is 0 Å². The highest BCUT2D eigenvalue weighted by Gasteiger charge is 2.32. The van der Waals surface area contributed by atoms with Crippen molar-refractivity contribution >= 4 is 57.1 Å². The van der Waals surface area contributed by atoms with Crippen LogP contribution in [0.25, 0.3) is 6.08 Å². The van der Waals surface area contributed by atoms with Crippen molar-refractivity contribution in [3.05, 3.63) is 40.4 Å². The molecule has 1 heterocycles. The molecular formula is C19H19BrN2O6S. The van der Waals surface area contributed by atoms with Gasteiger partial charge in [-0.3, -0.25) is 19.8 Å². The zero-order chi connectivity index (χ0) is 21.6. The number of halogens is 1. The lowest BCUT2D eigenvalue weighted by atomic mass is 10.1. The minimum atomic E-state index is -0.601. The molecule has 29 heavy (non-hydrogen) atoms. The van der Waals surface area contributed by atoms with Gasteiger partial charge in [-0.05, 0) is 42.9 Å². The van der Waals surface area contributed by atoms with Gasteiger partial charge in [0.25, 0.3) is 11.8 Å². The molecule has 154 valence electrons. The zero-order valence-electron chi connectivity index (χ0n) is 15.8. The van der Waals surface area contributed by atoms with Crippen molar-refractivity contribution in [2.45, 2.75) is 6.92 Å². The molecule has 0 radical (unpaired) electrons. The van der Waals surface area contributed by atoms with E-state index < -0.39 is 17.8 Å². The van der Waals surface area contributed by atoms with Gasteiger partial charge < -0.3 is 14.2 Å². The largest absolute Gasteiger partial charge is 0.490 e. The number of nitrogens with one attached hydrogen (secondary N) is 1. The quantitative estimate of drug-likeness (QED) is 0.199. The van der Waals surface area contributed by atoms with Gasteiger partial charge in [0, 0.05) is 11.0 Å². The number of hydrogen-bond acceptors (Lipinski definition) is 7. The molecule has 0 aliphatic carbocycles. The molecule has 1 N–H and O–H groups in total. The number of nitrogens with zero attached hydrogens (tertiary/aromatic N) is 1. The second-order valence-electron chi connectivity index (χ2n) is 5.64. The fourth-order valence-electron chi connectivity index (χ4n) is 2.38. The molecule has 1 fully saturated rings. The molecule has 10 heteroatoms. The van der Waals surface area contributed by atoms with E-state index in [-0.39, 0.29) is 23.8 Å². The fraction of sp³-hybridized carbons (Fsp3) is 0.263. The molecule has 1 aliphatic heterocycles. The fourth-order valence-corrected chi connectivity index (χ4v) is 3.07. The van der Waals surface area contributed by atoms with Crippen LogP contribution in [0, 0.1) is 0 Å². The number of amides is 2. The smallest absolute Gasteiger partial charge is 0.343 e. The van der Waals surface area contributed by atoms with Gasteiger partial charge in [-0.25, -0.2) is 4.79 Å². The standard InChI is InChI=1S/C19H19BrN2O6S/c1-4-6-22-18(25)12(17(24)21-19(22)29)7-11-8-14(27-5-2)15(9-13(11)20)28-10-16(23)26-3/h4,7-9H,1,5-6,10H2,2-3H3,(H,21,24,29)/b12-7+. The Morgan fingerprint density at radius 3 is 2.62 bits per heavy atom. The van der Waals surface area contributed by atoms with E-state index in [2.05, 4.69) is 32.6 Å². The maximum Gasteiger partial charge on any atom is 0.343 e. The highest BCUT2D eigenvalue weighted by Crippen LogP contribution is 2.35. The van der Waals surface area contributed by atoms with Crippen LogP contribution in [0.2, 0.25) is 0 Å². The van der Waals surface area contributed by atoms with Crippen LogP contribution in [-0.4, -0.2) is 54.7 Å². The molecule has 1 aliphatic rings. The highest BCUT2D eigenvalue weighted by molar-refractivity contribution is 9.10. The third-order valence-electron chi connectivity index (χ3n) is 3.73. The summed E-state index contributed by atoms with van der Waals surface area (Å²) in [6, 6.07) is 3.18. The molecule has 2 rings (SSSR count). The molecule has 0 atom stereocenters. The van der Waals surface area contributed by atoms with Gasteiger partial charge in [0.15, 0.2) is 23.2 Å². The van der Waals surface area contributed by atoms with E-state index in [9.17, 15) is 14.4 Å². The maximum atomic E-state index is 12.7. The third kappa shape index (κ3) is 5.42. The average Bonchev–Trinajstić information content (AvgIpc) is 2.68. The summed E-state index contributed by atoms with van der Waals surface area (Å²) in [6.07, 6.45) is 2.93. The lowest BCUT2D eigenvalue weighted by Crippen LogP contribution is -2.53. The topological polar surface area (TPSA) is 94.2 Å². The normalized spacial score (nSPS) is 15.2. The van der Waals surface area contributed by atoms with E-state index in [1.54, 1.807) is 19.1 Å². The van der Waals surface area contributed by atoms with Crippen molar-refractivity contribution in [2.24, 2.45) is 0 Å². The van der Waals surface area contributed by atoms with Crippen LogP contribution in [-0.2, 0) is 19.1 Å². The Balaban J connectivity index is 2.42. The SMILES string of the molecule is C=CCN1C(=O)/C(=C/c2cc(OCC)c(OCC(=O)OC)cc2Br)C(=O)NC1=S. The summed E-state index contributed by atoms with van der Waals surface area (Å²) in [5, 5.41) is 2.51. The van der Waals surface area contributed by atoms with Crippen molar-refractivity contribution in [3.63, 3.8) is 0 Å². The number of esters is 1. The van der Waals surface area contributed by atoms with Crippen molar-refractivity contribution in [3.8, 4) is 11.5 Å². The summed E-state index contributed by atoms with van der Waals surface area (Å²) in [4.78, 5) is 37.6. The molecule has 0 spiro atoms. The number of thiocarbonyl (C=S) groups is 1. The van der Waals surface area contributed by atoms with Crippen LogP contribution < -0.4 is 14.8 Å². The molecule has 1 aromatic carbocycles. The maximum absolute atomic E-state index is 12.7. The summed E-state index contributed by atoms with van der Waals surface area (Å²) in [5.74, 6) is -1.03. The van der Waals surface area contributed by atoms with E-state index in [1.807, 2.05) is 0 Å². The summed E-state index contributed by atoms with van der Waals surface area (Å²) >= 11 is 8.42. The third-order valence-corrected chi connectivity index (χ3v) is 4.74. The lowest BCUT2D eigenvalue weighted by molar-refractivity contribution is -0.143. The number of methoxy groups -OCH3 is 1. The molecule has 0 aromatic heterocycles. The molecule has 2 amide bonds. The van der Waals surface area contributed by atoms with Gasteiger partial charge in [-0.2, -0.15) is 0 Å². The first kappa shape index (κ1) is 22.6. The number of carbonyl (C=O) groups is 3. The van der Waals surface area contributed by atoms with Crippen molar-refractivity contribution in [1.82, 2.24) is 10.2 Å². The Hall–Kier alpha value is -2.72. The van der Waals surface area contributed by atoms with E-state index in [1.165, 1.54) is 24.2 Å². The first-order chi connectivity index (χ1) is 13.8. The minimum Gasteiger partial charge on any atom is -0.490 e. The van der Waals surface area contributed by atoms with Crippen LogP contribution in [0.4, 0.5) is 0 Å². The average molecular weight is 483 g/mol. The highest BCUT2D eigenvalue weighted by atomic mass is 79.9. The Bertz CT molecular complexity index is 899. The number of carbonyl (C=O) groups excluding carboxylic acids is 3. The van der Waals surface area contributed by atoms with Gasteiger partial charge in [0.2, 0.25) is 0 Å². The second kappa shape index (κ2) is 10.2. The first-order valence-electron chi connectivity index (χ1n) is 8.48. The molecule has 8 nitrogen and oxygen atoms in total. The van der Waals surface area contributed by atoms with Crippen LogP contribution in [0.3, 0.4) is 0 Å². The predicted octanol–water partition coefficient (Wildman–Crippen LogP) is 2.21. The second-order valence-corrected chi connectivity index (χ2v) is 6.88. The van der Waals surface area contributed by atoms with Crippen LogP contribution in [0.15, 0.2) is 34.8 Å². The Kier molecular flexibility index (Phi) is 7.91. The Labute approximate surface area is 181 Å². The summed E-state index contributed by atoms with van der Waals surface area (Å²) in [6.45, 7) is 5.59. The van der Waals surface area contributed by atoms with Crippen molar-refractivity contribution in [2.75, 3.05) is 26.9 Å². The number of benzene rings is 1. The van der Waals surface area contributed by atoms with Gasteiger partial charge in [0.05, 0.1) is 13.7 Å². The van der Waals surface area contributed by atoms with Crippen molar-refractivity contribution < 1.29 is 28.6 Å². The molecule has 0 unspecified atom stereocenters. The zero-order valence-corrected chi connectivity index (χ0v) is 18.2. The Morgan fingerprint density at radius 1 is 1.31 bits per heavy atom. The molecule has 1 aromatic rings.